The summed E-state index contributed by atoms with van der Waals surface area (Å²) in [6, 6.07) is 5.37. The molecule has 1 amide bonds. The highest BCUT2D eigenvalue weighted by molar-refractivity contribution is 5.98. The van der Waals surface area contributed by atoms with Gasteiger partial charge in [0.05, 0.1) is 26.7 Å². The van der Waals surface area contributed by atoms with Gasteiger partial charge in [0.1, 0.15) is 0 Å². The zero-order chi connectivity index (χ0) is 23.5. The van der Waals surface area contributed by atoms with Gasteiger partial charge in [0.2, 0.25) is 0 Å². The zero-order valence-electron chi connectivity index (χ0n) is 15.9. The summed E-state index contributed by atoms with van der Waals surface area (Å²) in [4.78, 5) is 44.5. The van der Waals surface area contributed by atoms with Gasteiger partial charge in [0.25, 0.3) is 17.3 Å². The normalized spacial score (nSPS) is 12.0. The van der Waals surface area contributed by atoms with Crippen LogP contribution < -0.4 is 5.32 Å². The van der Waals surface area contributed by atoms with Crippen LogP contribution in [0.2, 0.25) is 0 Å². The van der Waals surface area contributed by atoms with Crippen LogP contribution in [0.3, 0.4) is 0 Å². The van der Waals surface area contributed by atoms with Gasteiger partial charge in [0.15, 0.2) is 6.10 Å². The number of non-ortho nitro benzene ring substituents is 1. The molecule has 1 atom stereocenters. The van der Waals surface area contributed by atoms with E-state index in [1.807, 2.05) is 5.32 Å². The lowest BCUT2D eigenvalue weighted by atomic mass is 10.1. The molecule has 31 heavy (non-hydrogen) atoms. The van der Waals surface area contributed by atoms with Gasteiger partial charge in [-0.1, -0.05) is 6.07 Å². The predicted octanol–water partition coefficient (Wildman–Crippen LogP) is 4.01. The Morgan fingerprint density at radius 1 is 1.10 bits per heavy atom. The summed E-state index contributed by atoms with van der Waals surface area (Å²) in [5.74, 6) is -2.24. The second-order valence-corrected chi connectivity index (χ2v) is 6.23. The van der Waals surface area contributed by atoms with Crippen LogP contribution >= 0.6 is 0 Å². The Bertz CT molecular complexity index is 1070. The Morgan fingerprint density at radius 2 is 1.74 bits per heavy atom. The van der Waals surface area contributed by atoms with E-state index in [-0.39, 0.29) is 22.9 Å². The van der Waals surface area contributed by atoms with Gasteiger partial charge in [0, 0.05) is 23.8 Å². The van der Waals surface area contributed by atoms with E-state index in [2.05, 4.69) is 0 Å². The maximum atomic E-state index is 13.2. The number of hydrogen-bond acceptors (Lipinski definition) is 7. The molecule has 0 spiro atoms. The van der Waals surface area contributed by atoms with E-state index in [9.17, 15) is 43.0 Å². The van der Waals surface area contributed by atoms with Crippen molar-refractivity contribution < 1.29 is 37.3 Å². The lowest BCUT2D eigenvalue weighted by Crippen LogP contribution is -2.31. The summed E-state index contributed by atoms with van der Waals surface area (Å²) in [6.45, 7) is 2.38. The summed E-state index contributed by atoms with van der Waals surface area (Å²) in [7, 11) is 0. The van der Waals surface area contributed by atoms with Gasteiger partial charge < -0.3 is 10.1 Å². The first kappa shape index (κ1) is 23.3. The predicted molar refractivity (Wildman–Crippen MR) is 99.4 cm³/mol. The molecule has 10 nitrogen and oxygen atoms in total. The first-order valence-corrected chi connectivity index (χ1v) is 8.44. The van der Waals surface area contributed by atoms with Crippen molar-refractivity contribution in [3.8, 4) is 0 Å². The minimum absolute atomic E-state index is 0.0140. The molecule has 0 aliphatic rings. The molecule has 0 aromatic heterocycles. The molecule has 0 aliphatic heterocycles. The van der Waals surface area contributed by atoms with E-state index in [0.717, 1.165) is 19.1 Å². The van der Waals surface area contributed by atoms with Crippen molar-refractivity contribution in [3.63, 3.8) is 0 Å². The maximum Gasteiger partial charge on any atom is 0.418 e. The molecule has 0 fully saturated rings. The van der Waals surface area contributed by atoms with Crippen molar-refractivity contribution in [1.82, 2.24) is 0 Å². The topological polar surface area (TPSA) is 142 Å². The number of benzene rings is 2. The van der Waals surface area contributed by atoms with Crippen molar-refractivity contribution in [2.45, 2.75) is 26.1 Å². The molecular weight excluding hydrogens is 427 g/mol. The lowest BCUT2D eigenvalue weighted by molar-refractivity contribution is -0.385. The summed E-state index contributed by atoms with van der Waals surface area (Å²) in [5.41, 5.74) is -3.61. The van der Waals surface area contributed by atoms with Crippen molar-refractivity contribution in [2.75, 3.05) is 5.32 Å². The van der Waals surface area contributed by atoms with Crippen LogP contribution in [0.5, 0.6) is 0 Å². The van der Waals surface area contributed by atoms with Crippen molar-refractivity contribution in [2.24, 2.45) is 0 Å². The third-order valence-corrected chi connectivity index (χ3v) is 4.15. The Morgan fingerprint density at radius 3 is 2.29 bits per heavy atom. The van der Waals surface area contributed by atoms with E-state index < -0.39 is 50.9 Å². The highest BCUT2D eigenvalue weighted by atomic mass is 19.4. The molecule has 0 saturated carbocycles. The molecule has 164 valence electrons. The van der Waals surface area contributed by atoms with Gasteiger partial charge in [-0.05, 0) is 26.0 Å². The average molecular weight is 441 g/mol. The molecule has 0 saturated heterocycles. The summed E-state index contributed by atoms with van der Waals surface area (Å²) in [5, 5.41) is 23.6. The lowest BCUT2D eigenvalue weighted by Gasteiger charge is -2.17. The van der Waals surface area contributed by atoms with E-state index in [1.54, 1.807) is 0 Å². The number of amides is 1. The standard InChI is InChI=1S/C18H14F3N3O7/c1-9-12(4-3-5-15(9)24(29)30)17(26)31-10(2)16(25)22-14-7-6-11(23(27)28)8-13(14)18(19,20)21/h3-8,10H,1-2H3,(H,22,25). The van der Waals surface area contributed by atoms with Crippen LogP contribution in [0.15, 0.2) is 36.4 Å². The number of rotatable bonds is 6. The second-order valence-electron chi connectivity index (χ2n) is 6.23. The van der Waals surface area contributed by atoms with Crippen LogP contribution in [0.1, 0.15) is 28.4 Å². The number of carbonyl (C=O) groups excluding carboxylic acids is 2. The molecule has 2 rings (SSSR count). The summed E-state index contributed by atoms with van der Waals surface area (Å²) < 4.78 is 44.5. The quantitative estimate of drug-likeness (QED) is 0.405. The minimum Gasteiger partial charge on any atom is -0.449 e. The number of halogens is 3. The van der Waals surface area contributed by atoms with Gasteiger partial charge in [-0.2, -0.15) is 13.2 Å². The third kappa shape index (κ3) is 5.32. The van der Waals surface area contributed by atoms with Crippen molar-refractivity contribution >= 4 is 28.9 Å². The Kier molecular flexibility index (Phi) is 6.58. The SMILES string of the molecule is Cc1c(C(=O)OC(C)C(=O)Nc2ccc([N+](=O)[O-])cc2C(F)(F)F)cccc1[N+](=O)[O-]. The molecular formula is C18H14F3N3O7. The van der Waals surface area contributed by atoms with Crippen LogP contribution in [0.4, 0.5) is 30.2 Å². The van der Waals surface area contributed by atoms with E-state index in [4.69, 9.17) is 4.74 Å². The number of nitrogens with one attached hydrogen (secondary N) is 1. The smallest absolute Gasteiger partial charge is 0.418 e. The third-order valence-electron chi connectivity index (χ3n) is 4.15. The van der Waals surface area contributed by atoms with E-state index in [1.165, 1.54) is 19.1 Å². The fourth-order valence-electron chi connectivity index (χ4n) is 2.54. The number of alkyl halides is 3. The minimum atomic E-state index is -5.01. The first-order valence-electron chi connectivity index (χ1n) is 8.44. The summed E-state index contributed by atoms with van der Waals surface area (Å²) >= 11 is 0. The fraction of sp³-hybridized carbons (Fsp3) is 0.222. The largest absolute Gasteiger partial charge is 0.449 e. The fourth-order valence-corrected chi connectivity index (χ4v) is 2.54. The van der Waals surface area contributed by atoms with Gasteiger partial charge in [-0.15, -0.1) is 0 Å². The van der Waals surface area contributed by atoms with Gasteiger partial charge in [-0.3, -0.25) is 25.0 Å². The van der Waals surface area contributed by atoms with E-state index >= 15 is 0 Å². The van der Waals surface area contributed by atoms with Crippen molar-refractivity contribution in [1.29, 1.82) is 0 Å². The summed E-state index contributed by atoms with van der Waals surface area (Å²) in [6.07, 6.45) is -6.59. The number of esters is 1. The molecule has 0 heterocycles. The number of carbonyl (C=O) groups is 2. The molecule has 1 N–H and O–H groups in total. The van der Waals surface area contributed by atoms with E-state index in [0.29, 0.717) is 6.07 Å². The molecule has 2 aromatic carbocycles. The Balaban J connectivity index is 2.22. The number of anilines is 1. The number of nitro benzene ring substituents is 2. The molecule has 0 radical (unpaired) electrons. The average Bonchev–Trinajstić information content (AvgIpc) is 2.66. The first-order chi connectivity index (χ1) is 14.3. The highest BCUT2D eigenvalue weighted by Gasteiger charge is 2.36. The van der Waals surface area contributed by atoms with Gasteiger partial charge in [-0.25, -0.2) is 4.79 Å². The monoisotopic (exact) mass is 441 g/mol. The highest BCUT2D eigenvalue weighted by Crippen LogP contribution is 2.37. The van der Waals surface area contributed by atoms with Crippen LogP contribution in [0.25, 0.3) is 0 Å². The number of nitro groups is 2. The number of ether oxygens (including phenoxy) is 1. The van der Waals surface area contributed by atoms with Crippen LogP contribution in [-0.4, -0.2) is 27.8 Å². The zero-order valence-corrected chi connectivity index (χ0v) is 15.9. The van der Waals surface area contributed by atoms with Crippen LogP contribution in [-0.2, 0) is 15.7 Å². The number of nitrogens with zero attached hydrogens (tertiary/aromatic N) is 2. The number of hydrogen-bond donors (Lipinski definition) is 1. The maximum absolute atomic E-state index is 13.2. The molecule has 0 bridgehead atoms. The molecule has 13 heteroatoms. The van der Waals surface area contributed by atoms with Crippen LogP contribution in [0, 0.1) is 27.2 Å². The molecule has 0 aliphatic carbocycles. The molecule has 2 aromatic rings. The van der Waals surface area contributed by atoms with Gasteiger partial charge >= 0.3 is 12.1 Å². The Labute approximate surface area is 171 Å². The second kappa shape index (κ2) is 8.77. The van der Waals surface area contributed by atoms with Crippen molar-refractivity contribution in [3.05, 3.63) is 73.3 Å². The Hall–Kier alpha value is -4.03. The molecule has 1 unspecified atom stereocenters.